The molecule has 1 aliphatic heterocycles. The number of ketones is 1. The van der Waals surface area contributed by atoms with Gasteiger partial charge in [0.05, 0.1) is 28.3 Å². The number of anilines is 1. The molecule has 0 spiro atoms. The van der Waals surface area contributed by atoms with E-state index in [1.165, 1.54) is 11.8 Å². The van der Waals surface area contributed by atoms with E-state index in [1.807, 2.05) is 49.6 Å². The van der Waals surface area contributed by atoms with E-state index in [4.69, 9.17) is 0 Å². The summed E-state index contributed by atoms with van der Waals surface area (Å²) in [5.41, 5.74) is 4.89. The van der Waals surface area contributed by atoms with Gasteiger partial charge in [-0.05, 0) is 48.8 Å². The number of dihydropyridines is 1. The minimum atomic E-state index is -0.375. The first-order valence-electron chi connectivity index (χ1n) is 10.9. The Kier molecular flexibility index (Phi) is 6.51. The van der Waals surface area contributed by atoms with Crippen LogP contribution < -0.4 is 10.6 Å². The van der Waals surface area contributed by atoms with Crippen molar-refractivity contribution in [3.63, 3.8) is 0 Å². The van der Waals surface area contributed by atoms with Gasteiger partial charge in [-0.2, -0.15) is 5.26 Å². The third-order valence-electron chi connectivity index (χ3n) is 5.96. The Bertz CT molecular complexity index is 1220. The first kappa shape index (κ1) is 23.3. The minimum absolute atomic E-state index is 0.0940. The number of Topliss-reactive ketones (excluding diaryl/α,β-unsaturated/α-hetero) is 1. The fourth-order valence-electron chi connectivity index (χ4n) is 4.51. The summed E-state index contributed by atoms with van der Waals surface area (Å²) in [6.07, 6.45) is 1.20. The molecule has 170 valence electrons. The molecule has 0 unspecified atom stereocenters. The molecule has 1 aromatic heterocycles. The maximum atomic E-state index is 13.1. The van der Waals surface area contributed by atoms with Crippen molar-refractivity contribution in [1.82, 2.24) is 5.32 Å². The number of benzene rings is 1. The molecule has 33 heavy (non-hydrogen) atoms. The van der Waals surface area contributed by atoms with Crippen LogP contribution in [0.3, 0.4) is 0 Å². The third kappa shape index (κ3) is 4.92. The van der Waals surface area contributed by atoms with Gasteiger partial charge < -0.3 is 10.6 Å². The molecule has 0 bridgehead atoms. The van der Waals surface area contributed by atoms with Crippen LogP contribution in [0, 0.1) is 30.6 Å². The molecule has 0 radical (unpaired) electrons. The van der Waals surface area contributed by atoms with Gasteiger partial charge in [-0.15, -0.1) is 11.3 Å². The molecule has 4 rings (SSSR count). The van der Waals surface area contributed by atoms with Gasteiger partial charge in [0.15, 0.2) is 5.78 Å². The number of hydrogen-bond acceptors (Lipinski definition) is 6. The van der Waals surface area contributed by atoms with Gasteiger partial charge in [0.25, 0.3) is 0 Å². The molecule has 0 saturated heterocycles. The lowest BCUT2D eigenvalue weighted by Crippen LogP contribution is -2.36. The highest BCUT2D eigenvalue weighted by atomic mass is 32.2. The van der Waals surface area contributed by atoms with Crippen LogP contribution in [0.1, 0.15) is 48.6 Å². The smallest absolute Gasteiger partial charge is 0.234 e. The van der Waals surface area contributed by atoms with Gasteiger partial charge in [-0.1, -0.05) is 49.4 Å². The van der Waals surface area contributed by atoms with Crippen LogP contribution in [0.15, 0.2) is 57.6 Å². The molecule has 1 atom stereocenters. The molecule has 2 aliphatic rings. The molecule has 1 amide bonds. The van der Waals surface area contributed by atoms with Gasteiger partial charge in [-0.3, -0.25) is 9.59 Å². The van der Waals surface area contributed by atoms with Gasteiger partial charge in [0.2, 0.25) is 5.91 Å². The Hall–Kier alpha value is -2.82. The van der Waals surface area contributed by atoms with E-state index in [0.29, 0.717) is 22.6 Å². The number of aryl methyl sites for hydroxylation is 2. The zero-order valence-electron chi connectivity index (χ0n) is 19.2. The first-order chi connectivity index (χ1) is 15.7. The SMILES string of the molecule is Cc1ccc(NC(=O)CSC2=C(C#N)[C@@H](c3cccs3)C3=C(CC(C)(C)CC3=O)N2)c(C)c1. The first-order valence-corrected chi connectivity index (χ1v) is 12.8. The van der Waals surface area contributed by atoms with Crippen molar-refractivity contribution in [3.8, 4) is 6.07 Å². The van der Waals surface area contributed by atoms with Crippen molar-refractivity contribution >= 4 is 40.5 Å². The van der Waals surface area contributed by atoms with Gasteiger partial charge in [0.1, 0.15) is 0 Å². The van der Waals surface area contributed by atoms with Crippen LogP contribution in [0.4, 0.5) is 5.69 Å². The predicted molar refractivity (Wildman–Crippen MR) is 135 cm³/mol. The number of nitriles is 1. The molecule has 0 fully saturated rings. The Morgan fingerprint density at radius 1 is 1.30 bits per heavy atom. The van der Waals surface area contributed by atoms with Crippen molar-refractivity contribution in [2.75, 3.05) is 11.1 Å². The number of thioether (sulfide) groups is 1. The Morgan fingerprint density at radius 3 is 2.76 bits per heavy atom. The molecular weight excluding hydrogens is 450 g/mol. The standard InChI is InChI=1S/C26H27N3O2S2/c1-15-7-8-18(16(2)10-15)28-22(31)14-33-25-17(13-27)23(21-6-5-9-32-21)24-19(29-25)11-26(3,4)12-20(24)30/h5-10,23,29H,11-12,14H2,1-4H3,(H,28,31)/t23-/m0/s1. The maximum absolute atomic E-state index is 13.1. The quantitative estimate of drug-likeness (QED) is 0.569. The molecule has 1 aliphatic carbocycles. The van der Waals surface area contributed by atoms with E-state index in [9.17, 15) is 14.9 Å². The predicted octanol–water partition coefficient (Wildman–Crippen LogP) is 5.80. The van der Waals surface area contributed by atoms with Crippen molar-refractivity contribution < 1.29 is 9.59 Å². The zero-order chi connectivity index (χ0) is 23.8. The second-order valence-electron chi connectivity index (χ2n) is 9.42. The average Bonchev–Trinajstić information content (AvgIpc) is 3.27. The zero-order valence-corrected chi connectivity index (χ0v) is 20.9. The number of hydrogen-bond donors (Lipinski definition) is 2. The minimum Gasteiger partial charge on any atom is -0.352 e. The normalized spacial score (nSPS) is 19.6. The molecule has 2 aromatic rings. The van der Waals surface area contributed by atoms with Crippen molar-refractivity contribution in [3.05, 3.63) is 73.6 Å². The summed E-state index contributed by atoms with van der Waals surface area (Å²) in [6, 6.07) is 12.2. The molecule has 1 aromatic carbocycles. The third-order valence-corrected chi connectivity index (χ3v) is 7.91. The molecule has 7 heteroatoms. The van der Waals surface area contributed by atoms with Gasteiger partial charge in [0, 0.05) is 28.3 Å². The molecule has 2 N–H and O–H groups in total. The van der Waals surface area contributed by atoms with E-state index in [1.54, 1.807) is 11.3 Å². The summed E-state index contributed by atoms with van der Waals surface area (Å²) in [7, 11) is 0. The highest BCUT2D eigenvalue weighted by Crippen LogP contribution is 2.48. The fourth-order valence-corrected chi connectivity index (χ4v) is 6.21. The van der Waals surface area contributed by atoms with Crippen molar-refractivity contribution in [2.24, 2.45) is 5.41 Å². The maximum Gasteiger partial charge on any atom is 0.234 e. The van der Waals surface area contributed by atoms with Crippen molar-refractivity contribution in [2.45, 2.75) is 46.5 Å². The number of nitrogens with one attached hydrogen (secondary N) is 2. The van der Waals surface area contributed by atoms with Crippen LogP contribution in [0.5, 0.6) is 0 Å². The van der Waals surface area contributed by atoms with Crippen LogP contribution in [0.2, 0.25) is 0 Å². The lowest BCUT2D eigenvalue weighted by Gasteiger charge is -2.38. The summed E-state index contributed by atoms with van der Waals surface area (Å²) < 4.78 is 0. The Balaban J connectivity index is 1.60. The van der Waals surface area contributed by atoms with E-state index < -0.39 is 0 Å². The molecule has 5 nitrogen and oxygen atoms in total. The monoisotopic (exact) mass is 477 g/mol. The summed E-state index contributed by atoms with van der Waals surface area (Å²) >= 11 is 2.87. The van der Waals surface area contributed by atoms with Gasteiger partial charge in [-0.25, -0.2) is 0 Å². The van der Waals surface area contributed by atoms with E-state index in [0.717, 1.165) is 33.8 Å². The van der Waals surface area contributed by atoms with E-state index in [-0.39, 0.29) is 28.8 Å². The fraction of sp³-hybridized carbons (Fsp3) is 0.346. The van der Waals surface area contributed by atoms with Crippen LogP contribution in [-0.2, 0) is 9.59 Å². The van der Waals surface area contributed by atoms with Gasteiger partial charge >= 0.3 is 0 Å². The van der Waals surface area contributed by atoms with Crippen LogP contribution in [0.25, 0.3) is 0 Å². The summed E-state index contributed by atoms with van der Waals surface area (Å²) in [5, 5.41) is 19.1. The van der Waals surface area contributed by atoms with Crippen molar-refractivity contribution in [1.29, 1.82) is 5.26 Å². The van der Waals surface area contributed by atoms with Crippen LogP contribution >= 0.6 is 23.1 Å². The summed E-state index contributed by atoms with van der Waals surface area (Å²) in [5.74, 6) is -0.250. The average molecular weight is 478 g/mol. The highest BCUT2D eigenvalue weighted by molar-refractivity contribution is 8.03. The number of amides is 1. The van der Waals surface area contributed by atoms with E-state index >= 15 is 0 Å². The molecule has 0 saturated carbocycles. The number of rotatable bonds is 5. The van der Waals surface area contributed by atoms with Crippen LogP contribution in [-0.4, -0.2) is 17.4 Å². The number of carbonyl (C=O) groups excluding carboxylic acids is 2. The lowest BCUT2D eigenvalue weighted by atomic mass is 9.70. The summed E-state index contributed by atoms with van der Waals surface area (Å²) in [6.45, 7) is 8.16. The van der Waals surface area contributed by atoms with E-state index in [2.05, 4.69) is 30.6 Å². The lowest BCUT2D eigenvalue weighted by molar-refractivity contribution is -0.118. The number of thiophene rings is 1. The highest BCUT2D eigenvalue weighted by Gasteiger charge is 2.42. The topological polar surface area (TPSA) is 82.0 Å². The number of allylic oxidation sites excluding steroid dienone is 3. The number of nitrogens with zero attached hydrogens (tertiary/aromatic N) is 1. The Labute approximate surface area is 203 Å². The summed E-state index contributed by atoms with van der Waals surface area (Å²) in [4.78, 5) is 26.8. The molecule has 2 heterocycles. The second kappa shape index (κ2) is 9.20. The number of carbonyl (C=O) groups is 2. The molecular formula is C26H27N3O2S2. The second-order valence-corrected chi connectivity index (χ2v) is 11.4. The largest absolute Gasteiger partial charge is 0.352 e. The Morgan fingerprint density at radius 2 is 2.09 bits per heavy atom.